The zero-order valence-corrected chi connectivity index (χ0v) is 7.61. The number of nitrogens with one attached hydrogen (secondary N) is 1. The molecule has 1 fully saturated rings. The Hall–Kier alpha value is -0.810. The predicted octanol–water partition coefficient (Wildman–Crippen LogP) is -0.374. The molecule has 0 bridgehead atoms. The Kier molecular flexibility index (Phi) is 3.98. The summed E-state index contributed by atoms with van der Waals surface area (Å²) in [6, 6.07) is 0.0917. The summed E-state index contributed by atoms with van der Waals surface area (Å²) in [7, 11) is 0. The van der Waals surface area contributed by atoms with Crippen LogP contribution in [0.1, 0.15) is 25.7 Å². The lowest BCUT2D eigenvalue weighted by Gasteiger charge is -2.28. The Morgan fingerprint density at radius 3 is 2.77 bits per heavy atom. The summed E-state index contributed by atoms with van der Waals surface area (Å²) in [5.74, 6) is 0.151. The van der Waals surface area contributed by atoms with Crippen molar-refractivity contribution in [2.24, 2.45) is 10.9 Å². The molecule has 2 atom stereocenters. The Bertz CT molecular complexity index is 184. The first kappa shape index (κ1) is 10.3. The molecule has 1 saturated carbocycles. The standard InChI is InChI=1S/C8H17N3O2/c9-8(11-13)5-10-6-3-1-2-4-7(6)12/h6-7,10,12-13H,1-5H2,(H2,9,11). The maximum absolute atomic E-state index is 9.55. The van der Waals surface area contributed by atoms with Crippen molar-refractivity contribution >= 4 is 5.84 Å². The molecule has 0 radical (unpaired) electrons. The largest absolute Gasteiger partial charge is 0.409 e. The average molecular weight is 187 g/mol. The molecule has 1 rings (SSSR count). The minimum absolute atomic E-state index is 0.0917. The average Bonchev–Trinajstić information content (AvgIpc) is 2.16. The number of hydrogen-bond donors (Lipinski definition) is 4. The smallest absolute Gasteiger partial charge is 0.153 e. The highest BCUT2D eigenvalue weighted by atomic mass is 16.4. The second-order valence-corrected chi connectivity index (χ2v) is 3.43. The first-order valence-electron chi connectivity index (χ1n) is 4.62. The van der Waals surface area contributed by atoms with Crippen LogP contribution in [-0.2, 0) is 0 Å². The highest BCUT2D eigenvalue weighted by Crippen LogP contribution is 2.17. The van der Waals surface area contributed by atoms with E-state index in [9.17, 15) is 5.11 Å². The molecule has 0 amide bonds. The van der Waals surface area contributed by atoms with Gasteiger partial charge in [0.05, 0.1) is 12.6 Å². The number of aliphatic hydroxyl groups is 1. The van der Waals surface area contributed by atoms with E-state index in [1.54, 1.807) is 0 Å². The number of hydrogen-bond acceptors (Lipinski definition) is 4. The van der Waals surface area contributed by atoms with E-state index in [4.69, 9.17) is 10.9 Å². The lowest BCUT2D eigenvalue weighted by Crippen LogP contribution is -2.45. The van der Waals surface area contributed by atoms with Crippen LogP contribution in [0.2, 0.25) is 0 Å². The number of aliphatic hydroxyl groups excluding tert-OH is 1. The van der Waals surface area contributed by atoms with Gasteiger partial charge in [-0.2, -0.15) is 0 Å². The fourth-order valence-corrected chi connectivity index (χ4v) is 1.62. The van der Waals surface area contributed by atoms with Crippen LogP contribution in [0.15, 0.2) is 5.16 Å². The van der Waals surface area contributed by atoms with Crippen LogP contribution in [0, 0.1) is 0 Å². The van der Waals surface area contributed by atoms with Crippen molar-refractivity contribution in [3.63, 3.8) is 0 Å². The molecule has 0 saturated heterocycles. The van der Waals surface area contributed by atoms with E-state index in [1.165, 1.54) is 0 Å². The summed E-state index contributed by atoms with van der Waals surface area (Å²) < 4.78 is 0. The van der Waals surface area contributed by atoms with Gasteiger partial charge in [0.15, 0.2) is 5.84 Å². The second kappa shape index (κ2) is 5.04. The summed E-state index contributed by atoms with van der Waals surface area (Å²) in [6.45, 7) is 0.332. The summed E-state index contributed by atoms with van der Waals surface area (Å²) in [5.41, 5.74) is 5.29. The van der Waals surface area contributed by atoms with E-state index < -0.39 is 0 Å². The molecular weight excluding hydrogens is 170 g/mol. The van der Waals surface area contributed by atoms with E-state index in [1.807, 2.05) is 0 Å². The Morgan fingerprint density at radius 1 is 1.46 bits per heavy atom. The van der Waals surface area contributed by atoms with Gasteiger partial charge >= 0.3 is 0 Å². The molecule has 1 aliphatic rings. The molecule has 0 spiro atoms. The lowest BCUT2D eigenvalue weighted by molar-refractivity contribution is 0.0932. The van der Waals surface area contributed by atoms with Crippen LogP contribution in [0.25, 0.3) is 0 Å². The summed E-state index contributed by atoms with van der Waals surface area (Å²) in [4.78, 5) is 0. The third-order valence-corrected chi connectivity index (χ3v) is 2.40. The molecule has 0 aromatic carbocycles. The Morgan fingerprint density at radius 2 is 2.15 bits per heavy atom. The second-order valence-electron chi connectivity index (χ2n) is 3.43. The summed E-state index contributed by atoms with van der Waals surface area (Å²) in [6.07, 6.45) is 3.72. The number of rotatable bonds is 3. The van der Waals surface area contributed by atoms with Crippen LogP contribution >= 0.6 is 0 Å². The molecule has 5 heteroatoms. The number of oxime groups is 1. The first-order valence-corrected chi connectivity index (χ1v) is 4.62. The molecule has 2 unspecified atom stereocenters. The first-order chi connectivity index (χ1) is 6.24. The number of amidine groups is 1. The molecule has 0 aromatic heterocycles. The fourth-order valence-electron chi connectivity index (χ4n) is 1.62. The van der Waals surface area contributed by atoms with Crippen LogP contribution < -0.4 is 11.1 Å². The molecule has 0 aliphatic heterocycles. The normalized spacial score (nSPS) is 30.4. The third-order valence-electron chi connectivity index (χ3n) is 2.40. The highest BCUT2D eigenvalue weighted by molar-refractivity contribution is 5.81. The van der Waals surface area contributed by atoms with Gasteiger partial charge in [0.2, 0.25) is 0 Å². The van der Waals surface area contributed by atoms with E-state index in [0.29, 0.717) is 6.54 Å². The Labute approximate surface area is 77.6 Å². The maximum Gasteiger partial charge on any atom is 0.153 e. The number of nitrogens with zero attached hydrogens (tertiary/aromatic N) is 1. The van der Waals surface area contributed by atoms with Crippen LogP contribution in [0.3, 0.4) is 0 Å². The van der Waals surface area contributed by atoms with Crippen molar-refractivity contribution in [2.45, 2.75) is 37.8 Å². The highest BCUT2D eigenvalue weighted by Gasteiger charge is 2.22. The molecule has 5 N–H and O–H groups in total. The maximum atomic E-state index is 9.55. The number of nitrogens with two attached hydrogens (primary N) is 1. The van der Waals surface area contributed by atoms with Crippen LogP contribution in [0.4, 0.5) is 0 Å². The van der Waals surface area contributed by atoms with Crippen molar-refractivity contribution in [3.05, 3.63) is 0 Å². The van der Waals surface area contributed by atoms with E-state index >= 15 is 0 Å². The molecule has 0 heterocycles. The van der Waals surface area contributed by atoms with Crippen molar-refractivity contribution in [1.82, 2.24) is 5.32 Å². The third kappa shape index (κ3) is 3.20. The van der Waals surface area contributed by atoms with Gasteiger partial charge < -0.3 is 21.4 Å². The quantitative estimate of drug-likeness (QED) is 0.210. The summed E-state index contributed by atoms with van der Waals surface area (Å²) >= 11 is 0. The van der Waals surface area contributed by atoms with Gasteiger partial charge in [0.1, 0.15) is 0 Å². The van der Waals surface area contributed by atoms with Gasteiger partial charge in [-0.1, -0.05) is 18.0 Å². The molecule has 0 aromatic rings. The van der Waals surface area contributed by atoms with Crippen molar-refractivity contribution in [3.8, 4) is 0 Å². The predicted molar refractivity (Wildman–Crippen MR) is 49.7 cm³/mol. The van der Waals surface area contributed by atoms with Crippen LogP contribution in [0.5, 0.6) is 0 Å². The topological polar surface area (TPSA) is 90.9 Å². The van der Waals surface area contributed by atoms with Gasteiger partial charge in [-0.3, -0.25) is 0 Å². The fraction of sp³-hybridized carbons (Fsp3) is 0.875. The molecule has 1 aliphatic carbocycles. The van der Waals surface area contributed by atoms with Gasteiger partial charge in [0, 0.05) is 6.04 Å². The zero-order chi connectivity index (χ0) is 9.68. The van der Waals surface area contributed by atoms with Gasteiger partial charge in [-0.15, -0.1) is 0 Å². The SMILES string of the molecule is NC(CNC1CCCCC1O)=NO. The van der Waals surface area contributed by atoms with Gasteiger partial charge in [-0.05, 0) is 12.8 Å². The Balaban J connectivity index is 2.26. The van der Waals surface area contributed by atoms with E-state index in [-0.39, 0.29) is 18.0 Å². The monoisotopic (exact) mass is 187 g/mol. The minimum Gasteiger partial charge on any atom is -0.409 e. The van der Waals surface area contributed by atoms with E-state index in [2.05, 4.69) is 10.5 Å². The van der Waals surface area contributed by atoms with Crippen molar-refractivity contribution in [1.29, 1.82) is 0 Å². The van der Waals surface area contributed by atoms with E-state index in [0.717, 1.165) is 25.7 Å². The van der Waals surface area contributed by atoms with Crippen molar-refractivity contribution in [2.75, 3.05) is 6.54 Å². The van der Waals surface area contributed by atoms with Gasteiger partial charge in [-0.25, -0.2) is 0 Å². The summed E-state index contributed by atoms with van der Waals surface area (Å²) in [5, 5.41) is 23.7. The van der Waals surface area contributed by atoms with Crippen molar-refractivity contribution < 1.29 is 10.3 Å². The minimum atomic E-state index is -0.291. The van der Waals surface area contributed by atoms with Crippen LogP contribution in [-0.4, -0.2) is 34.8 Å². The zero-order valence-electron chi connectivity index (χ0n) is 7.61. The molecule has 76 valence electrons. The molecule has 13 heavy (non-hydrogen) atoms. The molecular formula is C8H17N3O2. The lowest BCUT2D eigenvalue weighted by atomic mass is 9.93. The molecule has 5 nitrogen and oxygen atoms in total. The van der Waals surface area contributed by atoms with Gasteiger partial charge in [0.25, 0.3) is 0 Å².